The van der Waals surface area contributed by atoms with Gasteiger partial charge >= 0.3 is 23.8 Å². The Morgan fingerprint density at radius 3 is 2.18 bits per heavy atom. The highest BCUT2D eigenvalue weighted by atomic mass is 79.9. The van der Waals surface area contributed by atoms with E-state index in [1.54, 1.807) is 0 Å². The number of alkyl halides is 2. The monoisotopic (exact) mass is 386 g/mol. The Labute approximate surface area is 134 Å². The van der Waals surface area contributed by atoms with Crippen molar-refractivity contribution in [3.05, 3.63) is 0 Å². The fourth-order valence-electron chi connectivity index (χ4n) is 1.98. The van der Waals surface area contributed by atoms with E-state index in [-0.39, 0.29) is 0 Å². The van der Waals surface area contributed by atoms with E-state index in [4.69, 9.17) is 14.2 Å². The van der Waals surface area contributed by atoms with Crippen LogP contribution in [0.15, 0.2) is 0 Å². The average molecular weight is 387 g/mol. The molecule has 4 atom stereocenters. The predicted molar refractivity (Wildman–Crippen MR) is 71.4 cm³/mol. The molecule has 0 amide bonds. The minimum Gasteiger partial charge on any atom is -0.453 e. The number of carbonyl (C=O) groups is 3. The fourth-order valence-corrected chi connectivity index (χ4v) is 2.52. The second kappa shape index (κ2) is 6.88. The molecule has 1 saturated heterocycles. The van der Waals surface area contributed by atoms with Crippen LogP contribution >= 0.6 is 15.9 Å². The van der Waals surface area contributed by atoms with Crippen LogP contribution in [0.1, 0.15) is 20.8 Å². The van der Waals surface area contributed by atoms with Gasteiger partial charge in [-0.3, -0.25) is 14.4 Å². The van der Waals surface area contributed by atoms with Crippen molar-refractivity contribution < 1.29 is 42.8 Å². The standard InChI is InChI=1S/C12H16BrFO8/c1-6(16)20-9-4-19-11(13,5-15)10(21-7(2)17)12(9,14)22-8(3)18/h9-10,15H,4-5H2,1-3H3/t9-,10+,11+,12+/m0/s1. The lowest BCUT2D eigenvalue weighted by Crippen LogP contribution is -2.68. The smallest absolute Gasteiger partial charge is 0.330 e. The molecule has 0 saturated carbocycles. The molecule has 0 bridgehead atoms. The topological polar surface area (TPSA) is 108 Å². The highest BCUT2D eigenvalue weighted by molar-refractivity contribution is 9.10. The van der Waals surface area contributed by atoms with Crippen molar-refractivity contribution >= 4 is 33.8 Å². The van der Waals surface area contributed by atoms with Gasteiger partial charge in [-0.05, 0) is 15.9 Å². The molecule has 0 radical (unpaired) electrons. The van der Waals surface area contributed by atoms with Gasteiger partial charge in [-0.2, -0.15) is 4.39 Å². The minimum absolute atomic E-state index is 0.535. The van der Waals surface area contributed by atoms with E-state index in [1.165, 1.54) is 0 Å². The number of hydrogen-bond acceptors (Lipinski definition) is 8. The van der Waals surface area contributed by atoms with Gasteiger partial charge in [-0.15, -0.1) is 0 Å². The van der Waals surface area contributed by atoms with Crippen molar-refractivity contribution in [1.82, 2.24) is 0 Å². The van der Waals surface area contributed by atoms with Crippen LogP contribution in [0.5, 0.6) is 0 Å². The van der Waals surface area contributed by atoms with Crippen LogP contribution in [0, 0.1) is 0 Å². The van der Waals surface area contributed by atoms with Gasteiger partial charge in [0.1, 0.15) is 0 Å². The maximum Gasteiger partial charge on any atom is 0.330 e. The van der Waals surface area contributed by atoms with Crippen LogP contribution < -0.4 is 0 Å². The first kappa shape index (κ1) is 18.8. The van der Waals surface area contributed by atoms with E-state index in [1.807, 2.05) is 0 Å². The van der Waals surface area contributed by atoms with Crippen LogP contribution in [0.25, 0.3) is 0 Å². The second-order valence-electron chi connectivity index (χ2n) is 4.63. The number of rotatable bonds is 4. The van der Waals surface area contributed by atoms with E-state index in [9.17, 15) is 19.5 Å². The van der Waals surface area contributed by atoms with Gasteiger partial charge in [0.05, 0.1) is 13.2 Å². The lowest BCUT2D eigenvalue weighted by molar-refractivity contribution is -0.316. The zero-order chi connectivity index (χ0) is 17.1. The molecule has 0 aromatic carbocycles. The van der Waals surface area contributed by atoms with Crippen molar-refractivity contribution in [3.8, 4) is 0 Å². The molecule has 1 rings (SSSR count). The summed E-state index contributed by atoms with van der Waals surface area (Å²) >= 11 is 2.93. The van der Waals surface area contributed by atoms with Gasteiger partial charge in [0, 0.05) is 20.8 Å². The molecule has 0 aromatic heterocycles. The number of aliphatic hydroxyl groups is 1. The van der Waals surface area contributed by atoms with Crippen LogP contribution in [0.4, 0.5) is 4.39 Å². The Morgan fingerprint density at radius 1 is 1.23 bits per heavy atom. The van der Waals surface area contributed by atoms with E-state index >= 15 is 4.39 Å². The Morgan fingerprint density at radius 2 is 1.77 bits per heavy atom. The molecule has 0 aromatic rings. The third-order valence-electron chi connectivity index (χ3n) is 2.77. The van der Waals surface area contributed by atoms with Crippen LogP contribution in [0.2, 0.25) is 0 Å². The lowest BCUT2D eigenvalue weighted by Gasteiger charge is -2.47. The third-order valence-corrected chi connectivity index (χ3v) is 3.67. The molecule has 1 N–H and O–H groups in total. The molecule has 0 aliphatic carbocycles. The third kappa shape index (κ3) is 3.93. The van der Waals surface area contributed by atoms with Gasteiger partial charge in [-0.25, -0.2) is 0 Å². The molecule has 1 aliphatic rings. The van der Waals surface area contributed by atoms with E-state index < -0.39 is 53.7 Å². The molecule has 1 fully saturated rings. The number of ether oxygens (including phenoxy) is 4. The van der Waals surface area contributed by atoms with E-state index in [2.05, 4.69) is 20.7 Å². The summed E-state index contributed by atoms with van der Waals surface area (Å²) in [7, 11) is 0. The number of hydrogen-bond donors (Lipinski definition) is 1. The normalized spacial score (nSPS) is 34.6. The highest BCUT2D eigenvalue weighted by Crippen LogP contribution is 2.43. The summed E-state index contributed by atoms with van der Waals surface area (Å²) in [6.45, 7) is 1.62. The molecule has 126 valence electrons. The second-order valence-corrected chi connectivity index (χ2v) is 5.98. The maximum atomic E-state index is 15.3. The van der Waals surface area contributed by atoms with E-state index in [0.717, 1.165) is 20.8 Å². The van der Waals surface area contributed by atoms with Gasteiger partial charge < -0.3 is 24.1 Å². The Balaban J connectivity index is 3.29. The van der Waals surface area contributed by atoms with Gasteiger partial charge in [0.2, 0.25) is 6.10 Å². The van der Waals surface area contributed by atoms with Crippen LogP contribution in [-0.4, -0.2) is 58.8 Å². The summed E-state index contributed by atoms with van der Waals surface area (Å²) in [6, 6.07) is 0. The quantitative estimate of drug-likeness (QED) is 0.414. The molecule has 1 aliphatic heterocycles. The number of esters is 3. The Kier molecular flexibility index (Phi) is 5.88. The Bertz CT molecular complexity index is 472. The molecule has 1 heterocycles. The number of carbonyl (C=O) groups excluding carboxylic acids is 3. The van der Waals surface area contributed by atoms with Crippen molar-refractivity contribution in [1.29, 1.82) is 0 Å². The van der Waals surface area contributed by atoms with Crippen LogP contribution in [-0.2, 0) is 33.3 Å². The molecular weight excluding hydrogens is 371 g/mol. The largest absolute Gasteiger partial charge is 0.453 e. The number of aliphatic hydroxyl groups excluding tert-OH is 1. The van der Waals surface area contributed by atoms with Crippen molar-refractivity contribution in [2.24, 2.45) is 0 Å². The van der Waals surface area contributed by atoms with Crippen LogP contribution in [0.3, 0.4) is 0 Å². The summed E-state index contributed by atoms with van der Waals surface area (Å²) in [5, 5.41) is 9.39. The summed E-state index contributed by atoms with van der Waals surface area (Å²) in [5.74, 6) is -5.83. The first-order valence-corrected chi connectivity index (χ1v) is 7.01. The summed E-state index contributed by atoms with van der Waals surface area (Å²) in [5.41, 5.74) is 0. The Hall–Kier alpha value is -1.26. The lowest BCUT2D eigenvalue weighted by atomic mass is 9.96. The summed E-state index contributed by atoms with van der Waals surface area (Å²) < 4.78 is 32.9. The zero-order valence-corrected chi connectivity index (χ0v) is 13.7. The molecular formula is C12H16BrFO8. The molecule has 8 nitrogen and oxygen atoms in total. The predicted octanol–water partition coefficient (Wildman–Crippen LogP) is 0.192. The van der Waals surface area contributed by atoms with Crippen molar-refractivity contribution in [2.45, 2.75) is 43.3 Å². The first-order valence-electron chi connectivity index (χ1n) is 6.22. The van der Waals surface area contributed by atoms with Gasteiger partial charge in [0.25, 0.3) is 0 Å². The van der Waals surface area contributed by atoms with Gasteiger partial charge in [-0.1, -0.05) is 0 Å². The highest BCUT2D eigenvalue weighted by Gasteiger charge is 2.66. The summed E-state index contributed by atoms with van der Waals surface area (Å²) in [6.07, 6.45) is -3.57. The van der Waals surface area contributed by atoms with Gasteiger partial charge in [0.15, 0.2) is 10.6 Å². The molecule has 0 spiro atoms. The minimum atomic E-state index is -3.03. The fraction of sp³-hybridized carbons (Fsp3) is 0.750. The van der Waals surface area contributed by atoms with Crippen molar-refractivity contribution in [3.63, 3.8) is 0 Å². The molecule has 0 unspecified atom stereocenters. The average Bonchev–Trinajstić information content (AvgIpc) is 2.37. The first-order chi connectivity index (χ1) is 10.0. The van der Waals surface area contributed by atoms with Crippen molar-refractivity contribution in [2.75, 3.05) is 13.2 Å². The zero-order valence-electron chi connectivity index (χ0n) is 12.1. The summed E-state index contributed by atoms with van der Waals surface area (Å²) in [4.78, 5) is 33.5. The number of halogens is 2. The SMILES string of the molecule is CC(=O)O[C@H]1CO[C@](Br)(CO)[C@@H](OC(C)=O)[C@]1(F)OC(C)=O. The van der Waals surface area contributed by atoms with E-state index in [0.29, 0.717) is 0 Å². The molecule has 22 heavy (non-hydrogen) atoms. The molecule has 10 heteroatoms. The maximum absolute atomic E-state index is 15.3.